The van der Waals surface area contributed by atoms with E-state index in [0.717, 1.165) is 25.6 Å². The molecule has 3 fully saturated rings. The van der Waals surface area contributed by atoms with Crippen molar-refractivity contribution in [1.29, 1.82) is 0 Å². The molecule has 2 heteroatoms. The Balaban J connectivity index is 1.90. The van der Waals surface area contributed by atoms with Crippen LogP contribution in [0.2, 0.25) is 0 Å². The van der Waals surface area contributed by atoms with Crippen LogP contribution < -0.4 is 0 Å². The lowest BCUT2D eigenvalue weighted by Gasteiger charge is -2.14. The second-order valence-corrected chi connectivity index (χ2v) is 4.13. The molecule has 12 heavy (non-hydrogen) atoms. The predicted molar refractivity (Wildman–Crippen MR) is 44.8 cm³/mol. The molecule has 3 rings (SSSR count). The molecular weight excluding hydrogens is 152 g/mol. The SMILES string of the molecule is C=C1COC2CC3OCCC3C12. The maximum Gasteiger partial charge on any atom is 0.0682 e. The lowest BCUT2D eigenvalue weighted by atomic mass is 9.88. The van der Waals surface area contributed by atoms with Gasteiger partial charge in [0.25, 0.3) is 0 Å². The highest BCUT2D eigenvalue weighted by Crippen LogP contribution is 2.48. The topological polar surface area (TPSA) is 18.5 Å². The number of hydrogen-bond donors (Lipinski definition) is 0. The Hall–Kier alpha value is -0.340. The Bertz CT molecular complexity index is 224. The van der Waals surface area contributed by atoms with E-state index in [9.17, 15) is 0 Å². The van der Waals surface area contributed by atoms with Gasteiger partial charge in [-0.2, -0.15) is 0 Å². The third-order valence-corrected chi connectivity index (χ3v) is 3.54. The Labute approximate surface area is 72.5 Å². The zero-order valence-electron chi connectivity index (χ0n) is 7.16. The van der Waals surface area contributed by atoms with Crippen molar-refractivity contribution in [2.75, 3.05) is 13.2 Å². The van der Waals surface area contributed by atoms with E-state index in [1.807, 2.05) is 0 Å². The summed E-state index contributed by atoms with van der Waals surface area (Å²) in [6.45, 7) is 5.82. The molecule has 2 heterocycles. The number of hydrogen-bond acceptors (Lipinski definition) is 2. The maximum atomic E-state index is 5.65. The molecule has 0 bridgehead atoms. The molecule has 0 amide bonds. The zero-order chi connectivity index (χ0) is 8.13. The van der Waals surface area contributed by atoms with Gasteiger partial charge >= 0.3 is 0 Å². The predicted octanol–water partition coefficient (Wildman–Crippen LogP) is 1.37. The van der Waals surface area contributed by atoms with E-state index < -0.39 is 0 Å². The first kappa shape index (κ1) is 7.10. The first-order valence-electron chi connectivity index (χ1n) is 4.77. The van der Waals surface area contributed by atoms with E-state index >= 15 is 0 Å². The molecule has 3 aliphatic rings. The standard InChI is InChI=1S/C10H14O2/c1-6-5-12-9-4-8-7(10(6)9)2-3-11-8/h7-10H,1-5H2. The summed E-state index contributed by atoms with van der Waals surface area (Å²) in [5.74, 6) is 1.35. The van der Waals surface area contributed by atoms with Crippen molar-refractivity contribution < 1.29 is 9.47 Å². The first-order valence-corrected chi connectivity index (χ1v) is 4.77. The fraction of sp³-hybridized carbons (Fsp3) is 0.800. The van der Waals surface area contributed by atoms with Gasteiger partial charge in [0.2, 0.25) is 0 Å². The average molecular weight is 166 g/mol. The van der Waals surface area contributed by atoms with E-state index in [-0.39, 0.29) is 0 Å². The summed E-state index contributed by atoms with van der Waals surface area (Å²) < 4.78 is 11.3. The molecule has 2 saturated heterocycles. The van der Waals surface area contributed by atoms with Gasteiger partial charge in [0, 0.05) is 18.9 Å². The minimum absolute atomic E-state index is 0.438. The van der Waals surface area contributed by atoms with E-state index in [1.165, 1.54) is 12.0 Å². The maximum absolute atomic E-state index is 5.65. The molecule has 0 radical (unpaired) electrons. The van der Waals surface area contributed by atoms with Gasteiger partial charge in [-0.3, -0.25) is 0 Å². The van der Waals surface area contributed by atoms with E-state index in [0.29, 0.717) is 18.1 Å². The van der Waals surface area contributed by atoms with Crippen molar-refractivity contribution in [3.63, 3.8) is 0 Å². The van der Waals surface area contributed by atoms with Gasteiger partial charge in [-0.25, -0.2) is 0 Å². The molecule has 1 aliphatic carbocycles. The van der Waals surface area contributed by atoms with Crippen molar-refractivity contribution in [2.24, 2.45) is 11.8 Å². The minimum Gasteiger partial charge on any atom is -0.378 e. The highest BCUT2D eigenvalue weighted by Gasteiger charge is 2.50. The van der Waals surface area contributed by atoms with Crippen LogP contribution in [-0.4, -0.2) is 25.4 Å². The summed E-state index contributed by atoms with van der Waals surface area (Å²) >= 11 is 0. The summed E-state index contributed by atoms with van der Waals surface area (Å²) in [4.78, 5) is 0. The van der Waals surface area contributed by atoms with Gasteiger partial charge in [-0.1, -0.05) is 6.58 Å². The van der Waals surface area contributed by atoms with Gasteiger partial charge in [0.15, 0.2) is 0 Å². The number of fused-ring (bicyclic) bond motifs is 3. The van der Waals surface area contributed by atoms with Crippen molar-refractivity contribution in [1.82, 2.24) is 0 Å². The van der Waals surface area contributed by atoms with Crippen LogP contribution in [-0.2, 0) is 9.47 Å². The van der Waals surface area contributed by atoms with Crippen LogP contribution >= 0.6 is 0 Å². The summed E-state index contributed by atoms with van der Waals surface area (Å²) in [7, 11) is 0. The molecule has 1 saturated carbocycles. The molecule has 4 unspecified atom stereocenters. The molecule has 0 aromatic rings. The normalized spacial score (nSPS) is 51.2. The fourth-order valence-electron chi connectivity index (χ4n) is 3.02. The molecule has 2 aliphatic heterocycles. The largest absolute Gasteiger partial charge is 0.378 e. The highest BCUT2D eigenvalue weighted by molar-refractivity contribution is 5.16. The third kappa shape index (κ3) is 0.771. The van der Waals surface area contributed by atoms with Crippen LogP contribution in [0.5, 0.6) is 0 Å². The van der Waals surface area contributed by atoms with Gasteiger partial charge in [0.1, 0.15) is 0 Å². The minimum atomic E-state index is 0.438. The Kier molecular flexibility index (Phi) is 1.38. The van der Waals surface area contributed by atoms with Crippen LogP contribution in [0.25, 0.3) is 0 Å². The highest BCUT2D eigenvalue weighted by atomic mass is 16.5. The molecule has 66 valence electrons. The third-order valence-electron chi connectivity index (χ3n) is 3.54. The molecule has 4 atom stereocenters. The van der Waals surface area contributed by atoms with Crippen LogP contribution in [0, 0.1) is 11.8 Å². The Morgan fingerprint density at radius 1 is 1.25 bits per heavy atom. The van der Waals surface area contributed by atoms with Crippen LogP contribution in [0.15, 0.2) is 12.2 Å². The number of ether oxygens (including phenoxy) is 2. The molecule has 0 spiro atoms. The Morgan fingerprint density at radius 2 is 2.17 bits per heavy atom. The molecule has 0 N–H and O–H groups in total. The van der Waals surface area contributed by atoms with E-state index in [1.54, 1.807) is 0 Å². The lowest BCUT2D eigenvalue weighted by Crippen LogP contribution is -2.16. The van der Waals surface area contributed by atoms with Gasteiger partial charge in [0.05, 0.1) is 18.8 Å². The van der Waals surface area contributed by atoms with Crippen molar-refractivity contribution >= 4 is 0 Å². The molecule has 0 aromatic heterocycles. The summed E-state index contributed by atoms with van der Waals surface area (Å²) in [5, 5.41) is 0. The molecular formula is C10H14O2. The van der Waals surface area contributed by atoms with E-state index in [2.05, 4.69) is 6.58 Å². The smallest absolute Gasteiger partial charge is 0.0682 e. The van der Waals surface area contributed by atoms with Crippen LogP contribution in [0.3, 0.4) is 0 Å². The first-order chi connectivity index (χ1) is 5.86. The quantitative estimate of drug-likeness (QED) is 0.506. The Morgan fingerprint density at radius 3 is 3.08 bits per heavy atom. The average Bonchev–Trinajstić information content (AvgIpc) is 2.61. The van der Waals surface area contributed by atoms with E-state index in [4.69, 9.17) is 9.47 Å². The van der Waals surface area contributed by atoms with Gasteiger partial charge in [-0.05, 0) is 17.9 Å². The summed E-state index contributed by atoms with van der Waals surface area (Å²) in [6, 6.07) is 0. The molecule has 2 nitrogen and oxygen atoms in total. The zero-order valence-corrected chi connectivity index (χ0v) is 7.16. The fourth-order valence-corrected chi connectivity index (χ4v) is 3.02. The lowest BCUT2D eigenvalue weighted by molar-refractivity contribution is 0.0579. The van der Waals surface area contributed by atoms with Gasteiger partial charge in [-0.15, -0.1) is 0 Å². The summed E-state index contributed by atoms with van der Waals surface area (Å²) in [5.41, 5.74) is 1.30. The van der Waals surface area contributed by atoms with Gasteiger partial charge < -0.3 is 9.47 Å². The van der Waals surface area contributed by atoms with Crippen molar-refractivity contribution in [3.05, 3.63) is 12.2 Å². The van der Waals surface area contributed by atoms with Crippen LogP contribution in [0.1, 0.15) is 12.8 Å². The second kappa shape index (κ2) is 2.33. The van der Waals surface area contributed by atoms with Crippen molar-refractivity contribution in [2.45, 2.75) is 25.0 Å². The summed E-state index contributed by atoms with van der Waals surface area (Å²) in [6.07, 6.45) is 3.24. The van der Waals surface area contributed by atoms with Crippen molar-refractivity contribution in [3.8, 4) is 0 Å². The molecule has 0 aromatic carbocycles. The second-order valence-electron chi connectivity index (χ2n) is 4.13. The van der Waals surface area contributed by atoms with Crippen LogP contribution in [0.4, 0.5) is 0 Å². The number of rotatable bonds is 0. The monoisotopic (exact) mass is 166 g/mol.